The molecule has 0 saturated carbocycles. The third-order valence-electron chi connectivity index (χ3n) is 2.81. The summed E-state index contributed by atoms with van der Waals surface area (Å²) in [5.74, 6) is 0. The SMILES string of the molecule is Cc1cccc(S(=O)(=O)OCCOCCOCCCCO)c1. The van der Waals surface area contributed by atoms with Gasteiger partial charge in [0.15, 0.2) is 0 Å². The molecule has 1 aromatic carbocycles. The van der Waals surface area contributed by atoms with Crippen molar-refractivity contribution >= 4 is 10.1 Å². The van der Waals surface area contributed by atoms with Crippen LogP contribution in [0.1, 0.15) is 18.4 Å². The highest BCUT2D eigenvalue weighted by molar-refractivity contribution is 7.86. The summed E-state index contributed by atoms with van der Waals surface area (Å²) >= 11 is 0. The van der Waals surface area contributed by atoms with Gasteiger partial charge in [-0.1, -0.05) is 12.1 Å². The minimum atomic E-state index is -3.73. The third kappa shape index (κ3) is 7.86. The average molecular weight is 332 g/mol. The average Bonchev–Trinajstić information content (AvgIpc) is 2.49. The maximum Gasteiger partial charge on any atom is 0.297 e. The maximum absolute atomic E-state index is 11.9. The second-order valence-corrected chi connectivity index (χ2v) is 6.36. The Bertz CT molecular complexity index is 515. The van der Waals surface area contributed by atoms with Crippen molar-refractivity contribution in [1.29, 1.82) is 0 Å². The van der Waals surface area contributed by atoms with Crippen LogP contribution in [-0.4, -0.2) is 53.2 Å². The van der Waals surface area contributed by atoms with Gasteiger partial charge in [-0.05, 0) is 37.5 Å². The molecule has 0 saturated heterocycles. The fourth-order valence-corrected chi connectivity index (χ4v) is 2.68. The van der Waals surface area contributed by atoms with E-state index in [4.69, 9.17) is 18.8 Å². The van der Waals surface area contributed by atoms with Crippen LogP contribution in [0.3, 0.4) is 0 Å². The normalized spacial score (nSPS) is 11.7. The number of aliphatic hydroxyl groups excluding tert-OH is 1. The highest BCUT2D eigenvalue weighted by Gasteiger charge is 2.14. The molecule has 0 aliphatic carbocycles. The van der Waals surface area contributed by atoms with E-state index in [0.29, 0.717) is 19.8 Å². The highest BCUT2D eigenvalue weighted by atomic mass is 32.2. The fraction of sp³-hybridized carbons (Fsp3) is 0.600. The van der Waals surface area contributed by atoms with Crippen LogP contribution in [0.25, 0.3) is 0 Å². The molecule has 1 aromatic rings. The van der Waals surface area contributed by atoms with Gasteiger partial charge < -0.3 is 14.6 Å². The van der Waals surface area contributed by atoms with Crippen LogP contribution in [0.5, 0.6) is 0 Å². The number of hydrogen-bond donors (Lipinski definition) is 1. The van der Waals surface area contributed by atoms with Crippen molar-refractivity contribution in [3.05, 3.63) is 29.8 Å². The Labute approximate surface area is 132 Å². The zero-order chi connectivity index (χ0) is 16.3. The molecule has 126 valence electrons. The summed E-state index contributed by atoms with van der Waals surface area (Å²) in [6, 6.07) is 6.57. The highest BCUT2D eigenvalue weighted by Crippen LogP contribution is 2.13. The number of aryl methyl sites for hydroxylation is 1. The Balaban J connectivity index is 2.11. The lowest BCUT2D eigenvalue weighted by Crippen LogP contribution is -2.13. The van der Waals surface area contributed by atoms with E-state index in [1.807, 2.05) is 13.0 Å². The monoisotopic (exact) mass is 332 g/mol. The Kier molecular flexibility index (Phi) is 9.26. The van der Waals surface area contributed by atoms with Gasteiger partial charge in [0, 0.05) is 13.2 Å². The summed E-state index contributed by atoms with van der Waals surface area (Å²) in [5, 5.41) is 8.59. The predicted molar refractivity (Wildman–Crippen MR) is 82.3 cm³/mol. The molecule has 0 aromatic heterocycles. The van der Waals surface area contributed by atoms with Gasteiger partial charge in [-0.2, -0.15) is 8.42 Å². The molecule has 0 heterocycles. The molecular formula is C15H24O6S. The molecule has 0 unspecified atom stereocenters. The first-order valence-corrected chi connectivity index (χ1v) is 8.69. The van der Waals surface area contributed by atoms with Crippen molar-refractivity contribution in [3.8, 4) is 0 Å². The summed E-state index contributed by atoms with van der Waals surface area (Å²) in [7, 11) is -3.73. The smallest absolute Gasteiger partial charge is 0.297 e. The Morgan fingerprint density at radius 2 is 1.68 bits per heavy atom. The zero-order valence-corrected chi connectivity index (χ0v) is 13.7. The van der Waals surface area contributed by atoms with E-state index < -0.39 is 10.1 Å². The van der Waals surface area contributed by atoms with Crippen LogP contribution in [0.2, 0.25) is 0 Å². The van der Waals surface area contributed by atoms with E-state index in [9.17, 15) is 8.42 Å². The molecule has 0 atom stereocenters. The van der Waals surface area contributed by atoms with E-state index in [2.05, 4.69) is 0 Å². The van der Waals surface area contributed by atoms with Gasteiger partial charge in [0.05, 0.1) is 31.3 Å². The first-order chi connectivity index (χ1) is 10.6. The van der Waals surface area contributed by atoms with Gasteiger partial charge in [0.25, 0.3) is 10.1 Å². The second-order valence-electron chi connectivity index (χ2n) is 4.75. The van der Waals surface area contributed by atoms with Gasteiger partial charge in [0.1, 0.15) is 0 Å². The first kappa shape index (κ1) is 19.1. The Morgan fingerprint density at radius 3 is 2.36 bits per heavy atom. The summed E-state index contributed by atoms with van der Waals surface area (Å²) in [6.45, 7) is 3.56. The van der Waals surface area contributed by atoms with Crippen LogP contribution in [0.4, 0.5) is 0 Å². The second kappa shape index (κ2) is 10.7. The third-order valence-corrected chi connectivity index (χ3v) is 4.12. The summed E-state index contributed by atoms with van der Waals surface area (Å²) in [6.07, 6.45) is 1.54. The molecule has 7 heteroatoms. The molecule has 6 nitrogen and oxygen atoms in total. The van der Waals surface area contributed by atoms with Gasteiger partial charge in [0.2, 0.25) is 0 Å². The quantitative estimate of drug-likeness (QED) is 0.461. The molecule has 0 fully saturated rings. The van der Waals surface area contributed by atoms with Crippen LogP contribution >= 0.6 is 0 Å². The van der Waals surface area contributed by atoms with Gasteiger partial charge in [-0.15, -0.1) is 0 Å². The Hall–Kier alpha value is -0.990. The van der Waals surface area contributed by atoms with E-state index in [1.165, 1.54) is 6.07 Å². The number of rotatable bonds is 12. The molecule has 0 spiro atoms. The van der Waals surface area contributed by atoms with E-state index in [-0.39, 0.29) is 24.7 Å². The number of ether oxygens (including phenoxy) is 2. The Morgan fingerprint density at radius 1 is 1.00 bits per heavy atom. The zero-order valence-electron chi connectivity index (χ0n) is 12.9. The molecule has 0 bridgehead atoms. The molecule has 0 radical (unpaired) electrons. The molecule has 0 aliphatic rings. The molecule has 1 N–H and O–H groups in total. The molecular weight excluding hydrogens is 308 g/mol. The predicted octanol–water partition coefficient (Wildman–Crippen LogP) is 1.51. The van der Waals surface area contributed by atoms with Crippen LogP contribution in [0.15, 0.2) is 29.2 Å². The fourth-order valence-electron chi connectivity index (χ4n) is 1.68. The standard InChI is InChI=1S/C15H24O6S/c1-14-5-4-6-15(13-14)22(17,18)21-12-11-20-10-9-19-8-3-2-7-16/h4-6,13,16H,2-3,7-12H2,1H3. The van der Waals surface area contributed by atoms with Crippen molar-refractivity contribution in [2.75, 3.05) is 39.6 Å². The largest absolute Gasteiger partial charge is 0.396 e. The first-order valence-electron chi connectivity index (χ1n) is 7.29. The van der Waals surface area contributed by atoms with E-state index >= 15 is 0 Å². The van der Waals surface area contributed by atoms with Gasteiger partial charge >= 0.3 is 0 Å². The molecule has 22 heavy (non-hydrogen) atoms. The van der Waals surface area contributed by atoms with Crippen molar-refractivity contribution < 1.29 is 27.2 Å². The van der Waals surface area contributed by atoms with E-state index in [1.54, 1.807) is 12.1 Å². The molecule has 0 amide bonds. The van der Waals surface area contributed by atoms with E-state index in [0.717, 1.165) is 18.4 Å². The summed E-state index contributed by atoms with van der Waals surface area (Å²) in [4.78, 5) is 0.153. The van der Waals surface area contributed by atoms with Crippen molar-refractivity contribution in [1.82, 2.24) is 0 Å². The number of hydrogen-bond acceptors (Lipinski definition) is 6. The van der Waals surface area contributed by atoms with Crippen molar-refractivity contribution in [3.63, 3.8) is 0 Å². The number of unbranched alkanes of at least 4 members (excludes halogenated alkanes) is 1. The van der Waals surface area contributed by atoms with Crippen molar-refractivity contribution in [2.45, 2.75) is 24.7 Å². The number of aliphatic hydroxyl groups is 1. The minimum Gasteiger partial charge on any atom is -0.396 e. The van der Waals surface area contributed by atoms with Gasteiger partial charge in [-0.3, -0.25) is 4.18 Å². The summed E-state index contributed by atoms with van der Waals surface area (Å²) < 4.78 is 39.2. The summed E-state index contributed by atoms with van der Waals surface area (Å²) in [5.41, 5.74) is 0.860. The minimum absolute atomic E-state index is 0.0270. The van der Waals surface area contributed by atoms with Crippen LogP contribution in [0, 0.1) is 6.92 Å². The maximum atomic E-state index is 11.9. The number of benzene rings is 1. The van der Waals surface area contributed by atoms with Crippen LogP contribution in [-0.2, 0) is 23.8 Å². The van der Waals surface area contributed by atoms with Crippen molar-refractivity contribution in [2.24, 2.45) is 0 Å². The molecule has 0 aliphatic heterocycles. The lowest BCUT2D eigenvalue weighted by Gasteiger charge is -2.07. The topological polar surface area (TPSA) is 82.1 Å². The van der Waals surface area contributed by atoms with Gasteiger partial charge in [-0.25, -0.2) is 0 Å². The molecule has 1 rings (SSSR count). The lowest BCUT2D eigenvalue weighted by atomic mass is 10.2. The van der Waals surface area contributed by atoms with Crippen LogP contribution < -0.4 is 0 Å². The lowest BCUT2D eigenvalue weighted by molar-refractivity contribution is 0.0352.